The molecular formula is C23H30N6. The monoisotopic (exact) mass is 390 g/mol. The van der Waals surface area contributed by atoms with Crippen LogP contribution in [0, 0.1) is 0 Å². The van der Waals surface area contributed by atoms with E-state index in [0.717, 1.165) is 29.5 Å². The van der Waals surface area contributed by atoms with Crippen LogP contribution in [0.4, 0.5) is 11.8 Å². The summed E-state index contributed by atoms with van der Waals surface area (Å²) in [5, 5.41) is 7.13. The van der Waals surface area contributed by atoms with Crippen molar-refractivity contribution >= 4 is 22.9 Å². The Balaban J connectivity index is 1.47. The van der Waals surface area contributed by atoms with Gasteiger partial charge in [0.25, 0.3) is 0 Å². The maximum Gasteiger partial charge on any atom is 0.227 e. The minimum atomic E-state index is 0.478. The predicted molar refractivity (Wildman–Crippen MR) is 117 cm³/mol. The third-order valence-corrected chi connectivity index (χ3v) is 6.38. The van der Waals surface area contributed by atoms with Gasteiger partial charge in [-0.05, 0) is 31.2 Å². The standard InChI is InChI=1S/C23H30N6/c1-3-9-17(10-4-1)15-24-21-20-22(29(16-25-20)19-13-7-8-14-19)28-23(27-21)26-18-11-5-2-6-12-18/h1,3-4,9-10,16,18-19H,2,5-8,11-15H2,(H2,24,26,27,28). The van der Waals surface area contributed by atoms with Crippen molar-refractivity contribution in [3.63, 3.8) is 0 Å². The molecule has 0 aliphatic heterocycles. The van der Waals surface area contributed by atoms with Crippen LogP contribution >= 0.6 is 0 Å². The molecule has 0 spiro atoms. The summed E-state index contributed by atoms with van der Waals surface area (Å²) in [5.74, 6) is 1.56. The van der Waals surface area contributed by atoms with Gasteiger partial charge >= 0.3 is 0 Å². The van der Waals surface area contributed by atoms with E-state index in [-0.39, 0.29) is 0 Å². The summed E-state index contributed by atoms with van der Waals surface area (Å²) >= 11 is 0. The highest BCUT2D eigenvalue weighted by Gasteiger charge is 2.22. The van der Waals surface area contributed by atoms with Gasteiger partial charge in [-0.1, -0.05) is 62.4 Å². The topological polar surface area (TPSA) is 67.7 Å². The zero-order valence-electron chi connectivity index (χ0n) is 17.0. The van der Waals surface area contributed by atoms with Crippen molar-refractivity contribution in [2.45, 2.75) is 76.4 Å². The first-order valence-electron chi connectivity index (χ1n) is 11.2. The van der Waals surface area contributed by atoms with E-state index < -0.39 is 0 Å². The van der Waals surface area contributed by atoms with Crippen molar-refractivity contribution in [3.05, 3.63) is 42.2 Å². The number of aromatic nitrogens is 4. The highest BCUT2D eigenvalue weighted by molar-refractivity contribution is 5.84. The van der Waals surface area contributed by atoms with Gasteiger partial charge in [0.1, 0.15) is 0 Å². The number of nitrogens with one attached hydrogen (secondary N) is 2. The van der Waals surface area contributed by atoms with Gasteiger partial charge in [-0.15, -0.1) is 0 Å². The second-order valence-electron chi connectivity index (χ2n) is 8.48. The Labute approximate surface area is 172 Å². The van der Waals surface area contributed by atoms with Gasteiger partial charge in [0.2, 0.25) is 5.95 Å². The number of imidazole rings is 1. The number of hydrogen-bond donors (Lipinski definition) is 2. The smallest absolute Gasteiger partial charge is 0.227 e. The highest BCUT2D eigenvalue weighted by Crippen LogP contribution is 2.33. The molecule has 152 valence electrons. The lowest BCUT2D eigenvalue weighted by atomic mass is 9.96. The Morgan fingerprint density at radius 1 is 0.897 bits per heavy atom. The lowest BCUT2D eigenvalue weighted by Gasteiger charge is -2.23. The maximum absolute atomic E-state index is 4.93. The lowest BCUT2D eigenvalue weighted by molar-refractivity contribution is 0.461. The molecule has 2 aliphatic rings. The van der Waals surface area contributed by atoms with Crippen LogP contribution in [0.2, 0.25) is 0 Å². The minimum absolute atomic E-state index is 0.478. The van der Waals surface area contributed by atoms with Gasteiger partial charge in [0.15, 0.2) is 17.0 Å². The Kier molecular flexibility index (Phi) is 5.33. The van der Waals surface area contributed by atoms with Crippen LogP contribution in [0.15, 0.2) is 36.7 Å². The fourth-order valence-electron chi connectivity index (χ4n) is 4.77. The van der Waals surface area contributed by atoms with Gasteiger partial charge in [0.05, 0.1) is 6.33 Å². The summed E-state index contributed by atoms with van der Waals surface area (Å²) in [6.45, 7) is 0.728. The van der Waals surface area contributed by atoms with E-state index in [4.69, 9.17) is 15.0 Å². The van der Waals surface area contributed by atoms with E-state index in [2.05, 4.69) is 39.5 Å². The van der Waals surface area contributed by atoms with E-state index in [1.54, 1.807) is 0 Å². The first-order valence-corrected chi connectivity index (χ1v) is 11.2. The summed E-state index contributed by atoms with van der Waals surface area (Å²) in [4.78, 5) is 14.5. The van der Waals surface area contributed by atoms with Gasteiger partial charge in [-0.3, -0.25) is 0 Å². The average molecular weight is 391 g/mol. The van der Waals surface area contributed by atoms with Gasteiger partial charge < -0.3 is 15.2 Å². The molecule has 2 fully saturated rings. The van der Waals surface area contributed by atoms with Crippen LogP contribution in [-0.4, -0.2) is 25.6 Å². The van der Waals surface area contributed by atoms with Crippen molar-refractivity contribution in [3.8, 4) is 0 Å². The molecule has 3 aromatic rings. The first kappa shape index (κ1) is 18.4. The SMILES string of the molecule is c1ccc(CNc2nc(NC3CCCCC3)nc3c2ncn3C2CCCC2)cc1. The largest absolute Gasteiger partial charge is 0.364 e. The summed E-state index contributed by atoms with van der Waals surface area (Å²) in [5.41, 5.74) is 3.07. The Morgan fingerprint density at radius 3 is 2.45 bits per heavy atom. The summed E-state index contributed by atoms with van der Waals surface area (Å²) in [7, 11) is 0. The molecule has 0 amide bonds. The van der Waals surface area contributed by atoms with E-state index in [1.807, 2.05) is 12.4 Å². The van der Waals surface area contributed by atoms with Gasteiger partial charge in [-0.25, -0.2) is 4.98 Å². The molecule has 0 saturated heterocycles. The molecule has 1 aromatic carbocycles. The molecule has 2 aromatic heterocycles. The summed E-state index contributed by atoms with van der Waals surface area (Å²) in [6.07, 6.45) is 13.3. The van der Waals surface area contributed by atoms with Gasteiger partial charge in [0, 0.05) is 18.6 Å². The number of rotatable bonds is 6. The molecule has 2 N–H and O–H groups in total. The number of hydrogen-bond acceptors (Lipinski definition) is 5. The average Bonchev–Trinajstić information content (AvgIpc) is 3.43. The van der Waals surface area contributed by atoms with Crippen LogP contribution in [0.25, 0.3) is 11.2 Å². The molecular weight excluding hydrogens is 360 g/mol. The third kappa shape index (κ3) is 4.07. The van der Waals surface area contributed by atoms with Crippen LogP contribution in [0.5, 0.6) is 0 Å². The first-order chi connectivity index (χ1) is 14.4. The lowest BCUT2D eigenvalue weighted by Crippen LogP contribution is -2.24. The van der Waals surface area contributed by atoms with Crippen molar-refractivity contribution in [2.75, 3.05) is 10.6 Å². The zero-order chi connectivity index (χ0) is 19.5. The molecule has 2 saturated carbocycles. The highest BCUT2D eigenvalue weighted by atomic mass is 15.2. The molecule has 6 heteroatoms. The fourth-order valence-corrected chi connectivity index (χ4v) is 4.77. The minimum Gasteiger partial charge on any atom is -0.364 e. The Hall–Kier alpha value is -2.63. The molecule has 2 heterocycles. The van der Waals surface area contributed by atoms with Crippen LogP contribution < -0.4 is 10.6 Å². The Bertz CT molecular complexity index is 939. The normalized spacial score (nSPS) is 18.3. The van der Waals surface area contributed by atoms with Crippen molar-refractivity contribution in [1.82, 2.24) is 19.5 Å². The Morgan fingerprint density at radius 2 is 1.66 bits per heavy atom. The number of benzene rings is 1. The number of anilines is 2. The van der Waals surface area contributed by atoms with Gasteiger partial charge in [-0.2, -0.15) is 9.97 Å². The predicted octanol–water partition coefficient (Wildman–Crippen LogP) is 5.30. The molecule has 0 atom stereocenters. The molecule has 0 unspecified atom stereocenters. The van der Waals surface area contributed by atoms with E-state index in [0.29, 0.717) is 12.1 Å². The maximum atomic E-state index is 4.93. The molecule has 0 radical (unpaired) electrons. The van der Waals surface area contributed by atoms with E-state index in [9.17, 15) is 0 Å². The summed E-state index contributed by atoms with van der Waals surface area (Å²) in [6, 6.07) is 11.4. The third-order valence-electron chi connectivity index (χ3n) is 6.38. The molecule has 5 rings (SSSR count). The van der Waals surface area contributed by atoms with Crippen molar-refractivity contribution in [1.29, 1.82) is 0 Å². The van der Waals surface area contributed by atoms with Crippen LogP contribution in [0.3, 0.4) is 0 Å². The quantitative estimate of drug-likeness (QED) is 0.598. The second kappa shape index (κ2) is 8.39. The fraction of sp³-hybridized carbons (Fsp3) is 0.522. The molecule has 29 heavy (non-hydrogen) atoms. The summed E-state index contributed by atoms with van der Waals surface area (Å²) < 4.78 is 2.28. The van der Waals surface area contributed by atoms with E-state index >= 15 is 0 Å². The number of fused-ring (bicyclic) bond motifs is 1. The van der Waals surface area contributed by atoms with Crippen molar-refractivity contribution in [2.24, 2.45) is 0 Å². The van der Waals surface area contributed by atoms with E-state index in [1.165, 1.54) is 63.4 Å². The second-order valence-corrected chi connectivity index (χ2v) is 8.48. The molecule has 0 bridgehead atoms. The number of nitrogens with zero attached hydrogens (tertiary/aromatic N) is 4. The molecule has 2 aliphatic carbocycles. The van der Waals surface area contributed by atoms with Crippen LogP contribution in [-0.2, 0) is 6.54 Å². The van der Waals surface area contributed by atoms with Crippen LogP contribution in [0.1, 0.15) is 69.4 Å². The molecule has 6 nitrogen and oxygen atoms in total. The van der Waals surface area contributed by atoms with Crippen molar-refractivity contribution < 1.29 is 0 Å². The zero-order valence-corrected chi connectivity index (χ0v) is 17.0.